The van der Waals surface area contributed by atoms with Gasteiger partial charge in [-0.3, -0.25) is 4.79 Å². The van der Waals surface area contributed by atoms with Gasteiger partial charge >= 0.3 is 6.18 Å². The molecule has 152 valence electrons. The normalized spacial score (nSPS) is 12.6. The lowest BCUT2D eigenvalue weighted by atomic mass is 9.95. The smallest absolute Gasteiger partial charge is 0.416 e. The Balaban J connectivity index is 1.88. The van der Waals surface area contributed by atoms with Gasteiger partial charge in [-0.15, -0.1) is 0 Å². The van der Waals surface area contributed by atoms with Crippen LogP contribution in [0.3, 0.4) is 0 Å². The van der Waals surface area contributed by atoms with Crippen LogP contribution in [0.25, 0.3) is 0 Å². The van der Waals surface area contributed by atoms with Crippen LogP contribution in [0.4, 0.5) is 13.2 Å². The molecule has 0 heterocycles. The summed E-state index contributed by atoms with van der Waals surface area (Å²) >= 11 is 0. The quantitative estimate of drug-likeness (QED) is 0.487. The standard InChI is InChI=1S/C22H26F3NO2/c1-2-4-16(15-26)5-3-6-21(27)17-7-11-19(12-8-17)28-20-13-9-18(10-14-20)22(23,24)25/h7-14,16H,2-6,15,26H2,1H3. The fourth-order valence-corrected chi connectivity index (χ4v) is 3.04. The Morgan fingerprint density at radius 3 is 2.07 bits per heavy atom. The van der Waals surface area contributed by atoms with Crippen molar-refractivity contribution in [2.45, 2.75) is 45.2 Å². The van der Waals surface area contributed by atoms with E-state index in [0.29, 0.717) is 35.9 Å². The van der Waals surface area contributed by atoms with Crippen molar-refractivity contribution in [2.24, 2.45) is 11.7 Å². The second-order valence-electron chi connectivity index (χ2n) is 6.85. The molecular formula is C22H26F3NO2. The molecule has 0 aliphatic heterocycles. The summed E-state index contributed by atoms with van der Waals surface area (Å²) in [5.74, 6) is 1.30. The molecule has 2 aromatic carbocycles. The zero-order valence-electron chi connectivity index (χ0n) is 16.0. The van der Waals surface area contributed by atoms with E-state index in [2.05, 4.69) is 6.92 Å². The average molecular weight is 393 g/mol. The molecule has 3 nitrogen and oxygen atoms in total. The minimum absolute atomic E-state index is 0.0633. The van der Waals surface area contributed by atoms with Crippen LogP contribution in [0.5, 0.6) is 11.5 Å². The number of hydrogen-bond donors (Lipinski definition) is 1. The number of carbonyl (C=O) groups is 1. The SMILES string of the molecule is CCCC(CN)CCCC(=O)c1ccc(Oc2ccc(C(F)(F)F)cc2)cc1. The molecule has 6 heteroatoms. The number of ether oxygens (including phenoxy) is 1. The third-order valence-corrected chi connectivity index (χ3v) is 4.64. The highest BCUT2D eigenvalue weighted by molar-refractivity contribution is 5.96. The average Bonchev–Trinajstić information content (AvgIpc) is 2.67. The molecule has 0 spiro atoms. The number of ketones is 1. The van der Waals surface area contributed by atoms with Gasteiger partial charge in [0.2, 0.25) is 0 Å². The van der Waals surface area contributed by atoms with Crippen molar-refractivity contribution in [1.82, 2.24) is 0 Å². The van der Waals surface area contributed by atoms with Gasteiger partial charge in [0.05, 0.1) is 5.56 Å². The summed E-state index contributed by atoms with van der Waals surface area (Å²) in [5.41, 5.74) is 5.61. The van der Waals surface area contributed by atoms with Gasteiger partial charge in [-0.05, 0) is 80.3 Å². The van der Waals surface area contributed by atoms with Crippen molar-refractivity contribution in [3.05, 3.63) is 59.7 Å². The molecule has 0 bridgehead atoms. The van der Waals surface area contributed by atoms with Gasteiger partial charge in [-0.2, -0.15) is 13.2 Å². The van der Waals surface area contributed by atoms with E-state index in [9.17, 15) is 18.0 Å². The Hall–Kier alpha value is -2.34. The summed E-state index contributed by atoms with van der Waals surface area (Å²) in [7, 11) is 0. The highest BCUT2D eigenvalue weighted by Gasteiger charge is 2.30. The first-order valence-electron chi connectivity index (χ1n) is 9.52. The molecular weight excluding hydrogens is 367 g/mol. The minimum Gasteiger partial charge on any atom is -0.457 e. The van der Waals surface area contributed by atoms with E-state index in [1.165, 1.54) is 12.1 Å². The zero-order chi connectivity index (χ0) is 20.6. The van der Waals surface area contributed by atoms with Gasteiger partial charge in [-0.1, -0.05) is 13.3 Å². The van der Waals surface area contributed by atoms with Crippen LogP contribution in [0.2, 0.25) is 0 Å². The zero-order valence-corrected chi connectivity index (χ0v) is 16.0. The van der Waals surface area contributed by atoms with Crippen LogP contribution in [-0.4, -0.2) is 12.3 Å². The number of rotatable bonds is 10. The second kappa shape index (κ2) is 10.3. The number of alkyl halides is 3. The van der Waals surface area contributed by atoms with Crippen molar-refractivity contribution in [3.8, 4) is 11.5 Å². The topological polar surface area (TPSA) is 52.3 Å². The molecule has 2 N–H and O–H groups in total. The Kier molecular flexibility index (Phi) is 8.05. The molecule has 2 aromatic rings. The van der Waals surface area contributed by atoms with Crippen molar-refractivity contribution in [2.75, 3.05) is 6.54 Å². The lowest BCUT2D eigenvalue weighted by Crippen LogP contribution is -2.14. The maximum absolute atomic E-state index is 12.6. The van der Waals surface area contributed by atoms with Crippen molar-refractivity contribution >= 4 is 5.78 Å². The molecule has 0 radical (unpaired) electrons. The van der Waals surface area contributed by atoms with E-state index >= 15 is 0 Å². The van der Waals surface area contributed by atoms with E-state index in [1.54, 1.807) is 24.3 Å². The molecule has 0 amide bonds. The fourth-order valence-electron chi connectivity index (χ4n) is 3.04. The predicted molar refractivity (Wildman–Crippen MR) is 104 cm³/mol. The molecule has 0 aliphatic rings. The first-order valence-corrected chi connectivity index (χ1v) is 9.52. The number of carbonyl (C=O) groups excluding carboxylic acids is 1. The van der Waals surface area contributed by atoms with Gasteiger partial charge in [0.15, 0.2) is 5.78 Å². The van der Waals surface area contributed by atoms with Crippen molar-refractivity contribution in [3.63, 3.8) is 0 Å². The Bertz CT molecular complexity index is 740. The van der Waals surface area contributed by atoms with Gasteiger partial charge in [0.25, 0.3) is 0 Å². The predicted octanol–water partition coefficient (Wildman–Crippen LogP) is 6.23. The highest BCUT2D eigenvalue weighted by atomic mass is 19.4. The molecule has 0 fully saturated rings. The van der Waals surface area contributed by atoms with Gasteiger partial charge in [0, 0.05) is 12.0 Å². The maximum atomic E-state index is 12.6. The van der Waals surface area contributed by atoms with E-state index in [-0.39, 0.29) is 5.78 Å². The first-order chi connectivity index (χ1) is 13.3. The van der Waals surface area contributed by atoms with Crippen LogP contribution in [0.1, 0.15) is 54.9 Å². The van der Waals surface area contributed by atoms with E-state index < -0.39 is 11.7 Å². The van der Waals surface area contributed by atoms with E-state index in [1.807, 2.05) is 0 Å². The summed E-state index contributed by atoms with van der Waals surface area (Å²) in [6.45, 7) is 2.78. The van der Waals surface area contributed by atoms with Crippen LogP contribution in [0, 0.1) is 5.92 Å². The van der Waals surface area contributed by atoms with Crippen LogP contribution in [-0.2, 0) is 6.18 Å². The molecule has 0 saturated carbocycles. The largest absolute Gasteiger partial charge is 0.457 e. The van der Waals surface area contributed by atoms with Gasteiger partial charge in [-0.25, -0.2) is 0 Å². The number of hydrogen-bond acceptors (Lipinski definition) is 3. The summed E-state index contributed by atoms with van der Waals surface area (Å²) < 4.78 is 43.3. The van der Waals surface area contributed by atoms with Crippen LogP contribution < -0.4 is 10.5 Å². The van der Waals surface area contributed by atoms with Crippen molar-refractivity contribution < 1.29 is 22.7 Å². The lowest BCUT2D eigenvalue weighted by Gasteiger charge is -2.12. The minimum atomic E-state index is -4.37. The summed E-state index contributed by atoms with van der Waals surface area (Å²) in [6.07, 6.45) is 0.0349. The third kappa shape index (κ3) is 6.68. The summed E-state index contributed by atoms with van der Waals surface area (Å²) in [5, 5.41) is 0. The third-order valence-electron chi connectivity index (χ3n) is 4.64. The van der Waals surface area contributed by atoms with Crippen molar-refractivity contribution in [1.29, 1.82) is 0 Å². The maximum Gasteiger partial charge on any atom is 0.416 e. The van der Waals surface area contributed by atoms with Crippen LogP contribution >= 0.6 is 0 Å². The molecule has 1 unspecified atom stereocenters. The molecule has 1 atom stereocenters. The fraction of sp³-hybridized carbons (Fsp3) is 0.409. The molecule has 28 heavy (non-hydrogen) atoms. The van der Waals surface area contributed by atoms with Gasteiger partial charge in [0.1, 0.15) is 11.5 Å². The Labute approximate surface area is 163 Å². The summed E-state index contributed by atoms with van der Waals surface area (Å²) in [6, 6.07) is 11.1. The lowest BCUT2D eigenvalue weighted by molar-refractivity contribution is -0.137. The molecule has 0 aliphatic carbocycles. The number of nitrogens with two attached hydrogens (primary N) is 1. The van der Waals surface area contributed by atoms with E-state index in [4.69, 9.17) is 10.5 Å². The second-order valence-corrected chi connectivity index (χ2v) is 6.85. The number of halogens is 3. The molecule has 0 saturated heterocycles. The van der Waals surface area contributed by atoms with Crippen LogP contribution in [0.15, 0.2) is 48.5 Å². The number of Topliss-reactive ketones (excluding diaryl/α,β-unsaturated/α-hetero) is 1. The Morgan fingerprint density at radius 2 is 1.57 bits per heavy atom. The van der Waals surface area contributed by atoms with Gasteiger partial charge < -0.3 is 10.5 Å². The highest BCUT2D eigenvalue weighted by Crippen LogP contribution is 2.31. The first kappa shape index (κ1) is 22.0. The summed E-state index contributed by atoms with van der Waals surface area (Å²) in [4.78, 5) is 12.3. The Morgan fingerprint density at radius 1 is 1.00 bits per heavy atom. The monoisotopic (exact) mass is 393 g/mol. The number of benzene rings is 2. The molecule has 2 rings (SSSR count). The molecule has 0 aromatic heterocycles. The van der Waals surface area contributed by atoms with E-state index in [0.717, 1.165) is 37.8 Å².